The summed E-state index contributed by atoms with van der Waals surface area (Å²) < 4.78 is 42.6. The molecular formula is C20H20ClFN2O3S. The Morgan fingerprint density at radius 2 is 2.00 bits per heavy atom. The van der Waals surface area contributed by atoms with E-state index in [2.05, 4.69) is 5.32 Å². The highest BCUT2D eigenvalue weighted by atomic mass is 35.5. The van der Waals surface area contributed by atoms with Crippen LogP contribution in [0.15, 0.2) is 41.3 Å². The zero-order valence-electron chi connectivity index (χ0n) is 15.1. The molecule has 5 nitrogen and oxygen atoms in total. The fourth-order valence-corrected chi connectivity index (χ4v) is 5.95. The highest BCUT2D eigenvalue weighted by Crippen LogP contribution is 2.34. The van der Waals surface area contributed by atoms with Gasteiger partial charge in [-0.1, -0.05) is 29.8 Å². The van der Waals surface area contributed by atoms with Crippen molar-refractivity contribution in [1.82, 2.24) is 4.31 Å². The lowest BCUT2D eigenvalue weighted by Gasteiger charge is -2.26. The minimum Gasteiger partial charge on any atom is -0.326 e. The van der Waals surface area contributed by atoms with Gasteiger partial charge in [0, 0.05) is 29.7 Å². The summed E-state index contributed by atoms with van der Waals surface area (Å²) in [6, 6.07) is 9.57. The second kappa shape index (κ2) is 7.46. The van der Waals surface area contributed by atoms with Gasteiger partial charge in [-0.05, 0) is 55.0 Å². The lowest BCUT2D eigenvalue weighted by atomic mass is 10.0. The number of carbonyl (C=O) groups is 1. The molecule has 0 spiro atoms. The third-order valence-corrected chi connectivity index (χ3v) is 7.71. The number of nitrogens with one attached hydrogen (secondary N) is 1. The van der Waals surface area contributed by atoms with E-state index in [1.807, 2.05) is 18.2 Å². The van der Waals surface area contributed by atoms with E-state index in [0.717, 1.165) is 18.1 Å². The van der Waals surface area contributed by atoms with E-state index in [1.165, 1.54) is 10.4 Å². The molecule has 1 N–H and O–H groups in total. The molecule has 2 aromatic carbocycles. The van der Waals surface area contributed by atoms with Crippen molar-refractivity contribution in [1.29, 1.82) is 0 Å². The van der Waals surface area contributed by atoms with Crippen LogP contribution in [0.3, 0.4) is 0 Å². The number of aryl methyl sites for hydroxylation is 1. The maximum Gasteiger partial charge on any atom is 0.246 e. The predicted octanol–water partition coefficient (Wildman–Crippen LogP) is 3.76. The topological polar surface area (TPSA) is 66.5 Å². The van der Waals surface area contributed by atoms with Gasteiger partial charge in [-0.2, -0.15) is 4.31 Å². The van der Waals surface area contributed by atoms with Crippen LogP contribution in [-0.4, -0.2) is 31.2 Å². The Balaban J connectivity index is 1.66. The molecule has 8 heteroatoms. The van der Waals surface area contributed by atoms with Crippen LogP contribution in [0.1, 0.15) is 30.4 Å². The lowest BCUT2D eigenvalue weighted by Crippen LogP contribution is -2.37. The Morgan fingerprint density at radius 1 is 1.21 bits per heavy atom. The normalized spacial score (nSPS) is 20.1. The Bertz CT molecular complexity index is 1040. The molecule has 28 heavy (non-hydrogen) atoms. The van der Waals surface area contributed by atoms with Gasteiger partial charge in [0.25, 0.3) is 0 Å². The van der Waals surface area contributed by atoms with Gasteiger partial charge in [0.15, 0.2) is 0 Å². The number of carbonyl (C=O) groups excluding carboxylic acids is 1. The molecule has 2 aliphatic heterocycles. The molecule has 0 radical (unpaired) electrons. The van der Waals surface area contributed by atoms with E-state index < -0.39 is 15.8 Å². The van der Waals surface area contributed by atoms with Crippen LogP contribution in [0.25, 0.3) is 0 Å². The summed E-state index contributed by atoms with van der Waals surface area (Å²) in [6.07, 6.45) is 2.57. The first kappa shape index (κ1) is 19.4. The van der Waals surface area contributed by atoms with Crippen molar-refractivity contribution in [3.63, 3.8) is 0 Å². The Labute approximate surface area is 168 Å². The number of hydrogen-bond acceptors (Lipinski definition) is 3. The summed E-state index contributed by atoms with van der Waals surface area (Å²) in [6.45, 7) is 0.352. The van der Waals surface area contributed by atoms with Gasteiger partial charge < -0.3 is 5.32 Å². The molecular weight excluding hydrogens is 403 g/mol. The number of amides is 1. The fourth-order valence-electron chi connectivity index (χ4n) is 3.95. The van der Waals surface area contributed by atoms with Gasteiger partial charge in [0.2, 0.25) is 15.9 Å². The van der Waals surface area contributed by atoms with Crippen LogP contribution in [0.5, 0.6) is 0 Å². The standard InChI is InChI=1S/C20H20ClFN2O3S/c21-16-6-2-1-4-13(16)10-15-5-3-9-24(15)28(26,27)19-11-14-7-8-20(25)23-18(14)12-17(19)22/h1-2,4,6,11-12,15H,3,5,7-10H2,(H,23,25). The second-order valence-electron chi connectivity index (χ2n) is 7.20. The van der Waals surface area contributed by atoms with Gasteiger partial charge in [0.1, 0.15) is 10.7 Å². The highest BCUT2D eigenvalue weighted by Gasteiger charge is 2.37. The van der Waals surface area contributed by atoms with Crippen molar-refractivity contribution in [2.24, 2.45) is 0 Å². The summed E-state index contributed by atoms with van der Waals surface area (Å²) in [5, 5.41) is 3.19. The maximum atomic E-state index is 14.7. The molecule has 2 heterocycles. The van der Waals surface area contributed by atoms with Crippen LogP contribution in [-0.2, 0) is 27.7 Å². The number of rotatable bonds is 4. The van der Waals surface area contributed by atoms with E-state index in [9.17, 15) is 17.6 Å². The van der Waals surface area contributed by atoms with Gasteiger partial charge >= 0.3 is 0 Å². The first-order valence-electron chi connectivity index (χ1n) is 9.24. The molecule has 1 fully saturated rings. The van der Waals surface area contributed by atoms with Crippen molar-refractivity contribution in [2.75, 3.05) is 11.9 Å². The van der Waals surface area contributed by atoms with Crippen LogP contribution < -0.4 is 5.32 Å². The molecule has 0 bridgehead atoms. The molecule has 2 aromatic rings. The van der Waals surface area contributed by atoms with E-state index >= 15 is 0 Å². The smallest absolute Gasteiger partial charge is 0.246 e. The Morgan fingerprint density at radius 3 is 2.79 bits per heavy atom. The SMILES string of the molecule is O=C1CCc2cc(S(=O)(=O)N3CCCC3Cc3ccccc3Cl)c(F)cc2N1. The molecule has 1 saturated heterocycles. The summed E-state index contributed by atoms with van der Waals surface area (Å²) in [5.41, 5.74) is 1.87. The highest BCUT2D eigenvalue weighted by molar-refractivity contribution is 7.89. The van der Waals surface area contributed by atoms with Crippen molar-refractivity contribution in [2.45, 2.75) is 43.0 Å². The third-order valence-electron chi connectivity index (χ3n) is 5.38. The fraction of sp³-hybridized carbons (Fsp3) is 0.350. The molecule has 148 valence electrons. The molecule has 2 aliphatic rings. The maximum absolute atomic E-state index is 14.7. The summed E-state index contributed by atoms with van der Waals surface area (Å²) in [4.78, 5) is 11.2. The zero-order chi connectivity index (χ0) is 19.9. The zero-order valence-corrected chi connectivity index (χ0v) is 16.7. The number of halogens is 2. The minimum absolute atomic E-state index is 0.193. The number of nitrogens with zero attached hydrogens (tertiary/aromatic N) is 1. The average Bonchev–Trinajstić information content (AvgIpc) is 3.12. The van der Waals surface area contributed by atoms with Crippen molar-refractivity contribution in [3.8, 4) is 0 Å². The number of fused-ring (bicyclic) bond motifs is 1. The number of benzene rings is 2. The monoisotopic (exact) mass is 422 g/mol. The molecule has 4 rings (SSSR count). The Kier molecular flexibility index (Phi) is 5.16. The van der Waals surface area contributed by atoms with Crippen molar-refractivity contribution < 1.29 is 17.6 Å². The average molecular weight is 423 g/mol. The number of sulfonamides is 1. The molecule has 0 aromatic heterocycles. The predicted molar refractivity (Wildman–Crippen MR) is 105 cm³/mol. The van der Waals surface area contributed by atoms with Crippen molar-refractivity contribution >= 4 is 33.2 Å². The molecule has 1 atom stereocenters. The van der Waals surface area contributed by atoms with Crippen LogP contribution in [0.4, 0.5) is 10.1 Å². The number of hydrogen-bond donors (Lipinski definition) is 1. The second-order valence-corrected chi connectivity index (χ2v) is 9.46. The van der Waals surface area contributed by atoms with Crippen LogP contribution >= 0.6 is 11.6 Å². The lowest BCUT2D eigenvalue weighted by molar-refractivity contribution is -0.116. The number of anilines is 1. The van der Waals surface area contributed by atoms with E-state index in [-0.39, 0.29) is 23.3 Å². The quantitative estimate of drug-likeness (QED) is 0.815. The first-order valence-corrected chi connectivity index (χ1v) is 11.1. The van der Waals surface area contributed by atoms with E-state index in [1.54, 1.807) is 6.07 Å². The molecule has 1 amide bonds. The van der Waals surface area contributed by atoms with Crippen molar-refractivity contribution in [3.05, 3.63) is 58.4 Å². The summed E-state index contributed by atoms with van der Waals surface area (Å²) >= 11 is 6.24. The van der Waals surface area contributed by atoms with Gasteiger partial charge in [-0.25, -0.2) is 12.8 Å². The molecule has 0 aliphatic carbocycles. The largest absolute Gasteiger partial charge is 0.326 e. The molecule has 1 unspecified atom stereocenters. The Hall–Kier alpha value is -1.96. The summed E-state index contributed by atoms with van der Waals surface area (Å²) in [7, 11) is -4.00. The van der Waals surface area contributed by atoms with E-state index in [0.29, 0.717) is 42.1 Å². The molecule has 0 saturated carbocycles. The van der Waals surface area contributed by atoms with Gasteiger partial charge in [-0.15, -0.1) is 0 Å². The van der Waals surface area contributed by atoms with Gasteiger partial charge in [0.05, 0.1) is 0 Å². The summed E-state index contributed by atoms with van der Waals surface area (Å²) in [5.74, 6) is -1.04. The minimum atomic E-state index is -4.00. The van der Waals surface area contributed by atoms with Gasteiger partial charge in [-0.3, -0.25) is 4.79 Å². The van der Waals surface area contributed by atoms with Crippen LogP contribution in [0, 0.1) is 5.82 Å². The van der Waals surface area contributed by atoms with E-state index in [4.69, 9.17) is 11.6 Å². The van der Waals surface area contributed by atoms with Crippen LogP contribution in [0.2, 0.25) is 5.02 Å². The third kappa shape index (κ3) is 3.54. The first-order chi connectivity index (χ1) is 13.4.